The van der Waals surface area contributed by atoms with Crippen LogP contribution in [0.2, 0.25) is 0 Å². The molecule has 0 saturated carbocycles. The Hall–Kier alpha value is -2.80. The lowest BCUT2D eigenvalue weighted by atomic mass is 10.1. The van der Waals surface area contributed by atoms with Crippen LogP contribution in [0.4, 0.5) is 0 Å². The Morgan fingerprint density at radius 2 is 1.80 bits per heavy atom. The normalized spacial score (nSPS) is 12.1. The molecule has 0 spiro atoms. The van der Waals surface area contributed by atoms with Crippen LogP contribution in [0, 0.1) is 13.8 Å². The van der Waals surface area contributed by atoms with Crippen molar-refractivity contribution in [1.82, 2.24) is 14.9 Å². The van der Waals surface area contributed by atoms with Gasteiger partial charge < -0.3 is 10.0 Å². The van der Waals surface area contributed by atoms with E-state index >= 15 is 0 Å². The number of carbonyl (C=O) groups excluding carboxylic acids is 1. The van der Waals surface area contributed by atoms with E-state index in [4.69, 9.17) is 0 Å². The van der Waals surface area contributed by atoms with E-state index in [-0.39, 0.29) is 5.91 Å². The molecule has 128 valence electrons. The van der Waals surface area contributed by atoms with Gasteiger partial charge in [0.1, 0.15) is 0 Å². The number of benzene rings is 1. The van der Waals surface area contributed by atoms with Crippen LogP contribution < -0.4 is 0 Å². The van der Waals surface area contributed by atoms with Crippen LogP contribution in [0.1, 0.15) is 32.7 Å². The highest BCUT2D eigenvalue weighted by Gasteiger charge is 2.29. The van der Waals surface area contributed by atoms with Gasteiger partial charge in [-0.25, -0.2) is 14.8 Å². The van der Waals surface area contributed by atoms with E-state index in [1.807, 2.05) is 13.8 Å². The minimum atomic E-state index is -1.06. The van der Waals surface area contributed by atoms with E-state index in [9.17, 15) is 14.7 Å². The number of likely N-dealkylation sites (N-methyl/N-ethyl adjacent to an activating group) is 1. The van der Waals surface area contributed by atoms with Gasteiger partial charge in [0.25, 0.3) is 5.91 Å². The third-order valence-electron chi connectivity index (χ3n) is 4.08. The van der Waals surface area contributed by atoms with E-state index in [1.165, 1.54) is 23.3 Å². The summed E-state index contributed by atoms with van der Waals surface area (Å²) in [5.41, 5.74) is 3.34. The largest absolute Gasteiger partial charge is 0.479 e. The van der Waals surface area contributed by atoms with Crippen LogP contribution in [-0.4, -0.2) is 38.9 Å². The third-order valence-corrected chi connectivity index (χ3v) is 5.00. The Morgan fingerprint density at radius 3 is 2.40 bits per heavy atom. The molecule has 25 heavy (non-hydrogen) atoms. The number of amides is 1. The summed E-state index contributed by atoms with van der Waals surface area (Å²) in [6, 6.07) is 7.50. The molecule has 6 nitrogen and oxygen atoms in total. The average molecular weight is 355 g/mol. The number of carboxylic acids is 1. The Balaban J connectivity index is 1.97. The maximum atomic E-state index is 12.8. The van der Waals surface area contributed by atoms with Crippen molar-refractivity contribution < 1.29 is 14.7 Å². The van der Waals surface area contributed by atoms with Crippen molar-refractivity contribution in [3.8, 4) is 0 Å². The number of carboxylic acid groups (broad SMARTS) is 1. The van der Waals surface area contributed by atoms with Crippen LogP contribution in [0.5, 0.6) is 0 Å². The van der Waals surface area contributed by atoms with Gasteiger partial charge in [-0.1, -0.05) is 6.07 Å². The van der Waals surface area contributed by atoms with E-state index in [0.29, 0.717) is 21.5 Å². The van der Waals surface area contributed by atoms with Gasteiger partial charge in [-0.15, -0.1) is 11.3 Å². The van der Waals surface area contributed by atoms with Gasteiger partial charge in [-0.05, 0) is 43.5 Å². The number of hydrogen-bond acceptors (Lipinski definition) is 5. The standard InChI is InChI=1S/C18H17N3O3S/c1-10-11(2)20-14-9-12(6-7-13(14)19-10)17(22)21(3)16(18(23)24)15-5-4-8-25-15/h4-9,16H,1-3H3,(H,23,24). The first-order valence-electron chi connectivity index (χ1n) is 7.67. The lowest BCUT2D eigenvalue weighted by Gasteiger charge is -2.24. The molecule has 2 heterocycles. The zero-order valence-corrected chi connectivity index (χ0v) is 14.9. The lowest BCUT2D eigenvalue weighted by Crippen LogP contribution is -2.35. The second kappa shape index (κ2) is 6.60. The highest BCUT2D eigenvalue weighted by atomic mass is 32.1. The lowest BCUT2D eigenvalue weighted by molar-refractivity contribution is -0.142. The molecule has 1 atom stereocenters. The van der Waals surface area contributed by atoms with Crippen molar-refractivity contribution in [1.29, 1.82) is 0 Å². The SMILES string of the molecule is Cc1nc2ccc(C(=O)N(C)C(C(=O)O)c3cccs3)cc2nc1C. The van der Waals surface area contributed by atoms with Crippen LogP contribution in [0.3, 0.4) is 0 Å². The van der Waals surface area contributed by atoms with Gasteiger partial charge in [0.05, 0.1) is 22.4 Å². The number of nitrogens with zero attached hydrogens (tertiary/aromatic N) is 3. The molecule has 0 saturated heterocycles. The molecule has 0 aliphatic heterocycles. The van der Waals surface area contributed by atoms with E-state index in [0.717, 1.165) is 11.4 Å². The Kier molecular flexibility index (Phi) is 4.50. The highest BCUT2D eigenvalue weighted by molar-refractivity contribution is 7.10. The Morgan fingerprint density at radius 1 is 1.12 bits per heavy atom. The second-order valence-corrected chi connectivity index (χ2v) is 6.75. The molecular formula is C18H17N3O3S. The second-order valence-electron chi connectivity index (χ2n) is 5.77. The van der Waals surface area contributed by atoms with Crippen molar-refractivity contribution in [3.63, 3.8) is 0 Å². The molecule has 0 radical (unpaired) electrons. The molecule has 3 aromatic rings. The van der Waals surface area contributed by atoms with Gasteiger partial charge in [-0.2, -0.15) is 0 Å². The van der Waals surface area contributed by atoms with Crippen LogP contribution in [-0.2, 0) is 4.79 Å². The van der Waals surface area contributed by atoms with Crippen molar-refractivity contribution in [3.05, 3.63) is 57.5 Å². The fourth-order valence-corrected chi connectivity index (χ4v) is 3.47. The molecule has 0 bridgehead atoms. The summed E-state index contributed by atoms with van der Waals surface area (Å²) in [6.07, 6.45) is 0. The zero-order chi connectivity index (χ0) is 18.1. The molecule has 1 aromatic carbocycles. The van der Waals surface area contributed by atoms with E-state index in [2.05, 4.69) is 9.97 Å². The van der Waals surface area contributed by atoms with Crippen molar-refractivity contribution in [2.75, 3.05) is 7.05 Å². The molecule has 7 heteroatoms. The smallest absolute Gasteiger partial charge is 0.331 e. The highest BCUT2D eigenvalue weighted by Crippen LogP contribution is 2.26. The summed E-state index contributed by atoms with van der Waals surface area (Å²) in [7, 11) is 1.50. The predicted molar refractivity (Wildman–Crippen MR) is 95.8 cm³/mol. The van der Waals surface area contributed by atoms with Gasteiger partial charge >= 0.3 is 5.97 Å². The minimum Gasteiger partial charge on any atom is -0.479 e. The number of hydrogen-bond donors (Lipinski definition) is 1. The monoisotopic (exact) mass is 355 g/mol. The summed E-state index contributed by atoms with van der Waals surface area (Å²) in [4.78, 5) is 35.2. The van der Waals surface area contributed by atoms with Gasteiger partial charge in [0.15, 0.2) is 6.04 Å². The van der Waals surface area contributed by atoms with Crippen LogP contribution in [0.25, 0.3) is 11.0 Å². The van der Waals surface area contributed by atoms with E-state index < -0.39 is 12.0 Å². The molecular weight excluding hydrogens is 338 g/mol. The van der Waals surface area contributed by atoms with Crippen molar-refractivity contribution >= 4 is 34.2 Å². The van der Waals surface area contributed by atoms with Crippen molar-refractivity contribution in [2.45, 2.75) is 19.9 Å². The quantitative estimate of drug-likeness (QED) is 0.777. The predicted octanol–water partition coefficient (Wildman–Crippen LogP) is 3.21. The fraction of sp³-hybridized carbons (Fsp3) is 0.222. The van der Waals surface area contributed by atoms with Gasteiger partial charge in [0.2, 0.25) is 0 Å². The summed E-state index contributed by atoms with van der Waals surface area (Å²) in [5, 5.41) is 11.3. The summed E-state index contributed by atoms with van der Waals surface area (Å²) in [5.74, 6) is -1.44. The first-order valence-corrected chi connectivity index (χ1v) is 8.55. The first-order chi connectivity index (χ1) is 11.9. The number of carbonyl (C=O) groups is 2. The van der Waals surface area contributed by atoms with E-state index in [1.54, 1.807) is 35.7 Å². The fourth-order valence-electron chi connectivity index (χ4n) is 2.61. The Labute approximate surface area is 148 Å². The number of aromatic nitrogens is 2. The Bertz CT molecular complexity index is 954. The molecule has 1 unspecified atom stereocenters. The zero-order valence-electron chi connectivity index (χ0n) is 14.1. The summed E-state index contributed by atoms with van der Waals surface area (Å²) >= 11 is 1.31. The maximum absolute atomic E-state index is 12.8. The van der Waals surface area contributed by atoms with Crippen LogP contribution in [0.15, 0.2) is 35.7 Å². The molecule has 1 amide bonds. The molecule has 0 fully saturated rings. The number of rotatable bonds is 4. The summed E-state index contributed by atoms with van der Waals surface area (Å²) < 4.78 is 0. The number of thiophene rings is 1. The molecule has 0 aliphatic rings. The first kappa shape index (κ1) is 17.0. The summed E-state index contributed by atoms with van der Waals surface area (Å²) in [6.45, 7) is 3.74. The van der Waals surface area contributed by atoms with Crippen LogP contribution >= 0.6 is 11.3 Å². The molecule has 1 N–H and O–H groups in total. The number of aryl methyl sites for hydroxylation is 2. The van der Waals surface area contributed by atoms with Gasteiger partial charge in [0, 0.05) is 17.5 Å². The number of aliphatic carboxylic acids is 1. The molecule has 0 aliphatic carbocycles. The maximum Gasteiger partial charge on any atom is 0.331 e. The third kappa shape index (κ3) is 3.23. The molecule has 3 rings (SSSR count). The van der Waals surface area contributed by atoms with Crippen molar-refractivity contribution in [2.24, 2.45) is 0 Å². The minimum absolute atomic E-state index is 0.372. The van der Waals surface area contributed by atoms with Gasteiger partial charge in [-0.3, -0.25) is 4.79 Å². The average Bonchev–Trinajstić information content (AvgIpc) is 3.08. The molecule has 2 aromatic heterocycles. The topological polar surface area (TPSA) is 83.4 Å². The number of fused-ring (bicyclic) bond motifs is 1.